The van der Waals surface area contributed by atoms with E-state index >= 15 is 8.78 Å². The highest BCUT2D eigenvalue weighted by molar-refractivity contribution is 5.91. The summed E-state index contributed by atoms with van der Waals surface area (Å²) < 4.78 is 61.0. The third kappa shape index (κ3) is 7.14. The summed E-state index contributed by atoms with van der Waals surface area (Å²) in [7, 11) is 0. The predicted molar refractivity (Wildman–Crippen MR) is 165 cm³/mol. The number of nitrogens with zero attached hydrogens (tertiary/aromatic N) is 1. The van der Waals surface area contributed by atoms with Gasteiger partial charge in [0.05, 0.1) is 30.8 Å². The Hall–Kier alpha value is -4.37. The molecule has 1 unspecified atom stereocenters. The van der Waals surface area contributed by atoms with E-state index in [9.17, 15) is 14.3 Å². The first-order valence-corrected chi connectivity index (χ1v) is 14.8. The van der Waals surface area contributed by atoms with Crippen LogP contribution in [0.15, 0.2) is 66.7 Å². The van der Waals surface area contributed by atoms with Gasteiger partial charge in [0.25, 0.3) is 5.92 Å². The molecule has 1 N–H and O–H groups in total. The summed E-state index contributed by atoms with van der Waals surface area (Å²) >= 11 is 0. The molecule has 6 nitrogen and oxygen atoms in total. The second kappa shape index (κ2) is 12.6. The van der Waals surface area contributed by atoms with E-state index in [0.29, 0.717) is 52.4 Å². The second-order valence-electron chi connectivity index (χ2n) is 12.2. The highest BCUT2D eigenvalue weighted by atomic mass is 19.3. The van der Waals surface area contributed by atoms with Crippen molar-refractivity contribution < 1.29 is 37.3 Å². The lowest BCUT2D eigenvalue weighted by atomic mass is 9.85. The van der Waals surface area contributed by atoms with Gasteiger partial charge in [-0.05, 0) is 93.3 Å². The van der Waals surface area contributed by atoms with Gasteiger partial charge >= 0.3 is 5.97 Å². The van der Waals surface area contributed by atoms with Crippen molar-refractivity contribution in [3.05, 3.63) is 101 Å². The second-order valence-corrected chi connectivity index (χ2v) is 12.2. The number of aliphatic carboxylic acids is 1. The predicted octanol–water partition coefficient (Wildman–Crippen LogP) is 8.61. The van der Waals surface area contributed by atoms with E-state index in [2.05, 4.69) is 0 Å². The van der Waals surface area contributed by atoms with Crippen LogP contribution in [0.3, 0.4) is 0 Å². The first kappa shape index (κ1) is 32.0. The Balaban J connectivity index is 1.61. The minimum absolute atomic E-state index is 0.0951. The number of aromatic nitrogens is 1. The highest BCUT2D eigenvalue weighted by Crippen LogP contribution is 2.47. The Morgan fingerprint density at radius 1 is 0.978 bits per heavy atom. The van der Waals surface area contributed by atoms with E-state index in [1.165, 1.54) is 24.3 Å². The Labute approximate surface area is 260 Å². The van der Waals surface area contributed by atoms with Crippen molar-refractivity contribution >= 4 is 5.97 Å². The third-order valence-corrected chi connectivity index (χ3v) is 7.62. The summed E-state index contributed by atoms with van der Waals surface area (Å²) in [6, 6.07) is 18.0. The molecule has 5 rings (SSSR count). The summed E-state index contributed by atoms with van der Waals surface area (Å²) in [5.41, 5.74) is 3.31. The zero-order valence-corrected chi connectivity index (χ0v) is 25.9. The molecule has 0 amide bonds. The molecule has 3 aromatic carbocycles. The molecule has 1 atom stereocenters. The van der Waals surface area contributed by atoms with Gasteiger partial charge in [0.2, 0.25) is 0 Å². The number of alkyl halides is 2. The van der Waals surface area contributed by atoms with Crippen LogP contribution in [-0.4, -0.2) is 34.9 Å². The molecule has 0 spiro atoms. The SMILES string of the molecule is Cc1nc(C)c(C(OC(C)(C)C)C(=O)O)c(-c2ccc3c(c2)C(F)(F)CCO3)c1-c1ccc(OCCc2ccc(F)cc2)cc1. The van der Waals surface area contributed by atoms with Crippen molar-refractivity contribution in [3.63, 3.8) is 0 Å². The fraction of sp³-hybridized carbons (Fsp3) is 0.333. The molecule has 0 bridgehead atoms. The number of carboxylic acid groups (broad SMARTS) is 1. The summed E-state index contributed by atoms with van der Waals surface area (Å²) in [4.78, 5) is 17.4. The fourth-order valence-electron chi connectivity index (χ4n) is 5.60. The quantitative estimate of drug-likeness (QED) is 0.202. The van der Waals surface area contributed by atoms with Gasteiger partial charge in [-0.15, -0.1) is 0 Å². The van der Waals surface area contributed by atoms with Crippen molar-refractivity contribution in [2.75, 3.05) is 13.2 Å². The van der Waals surface area contributed by atoms with Crippen LogP contribution in [0, 0.1) is 19.7 Å². The normalized spacial score (nSPS) is 14.8. The molecule has 236 valence electrons. The van der Waals surface area contributed by atoms with Gasteiger partial charge in [0.1, 0.15) is 17.3 Å². The maximum Gasteiger partial charge on any atom is 0.337 e. The van der Waals surface area contributed by atoms with E-state index in [1.54, 1.807) is 65.0 Å². The maximum atomic E-state index is 15.1. The highest BCUT2D eigenvalue weighted by Gasteiger charge is 2.39. The van der Waals surface area contributed by atoms with Crippen LogP contribution in [0.1, 0.15) is 61.4 Å². The van der Waals surface area contributed by atoms with Gasteiger partial charge < -0.3 is 19.3 Å². The fourth-order valence-corrected chi connectivity index (χ4v) is 5.60. The average Bonchev–Trinajstić information content (AvgIpc) is 2.97. The molecular formula is C36H36F3NO5. The lowest BCUT2D eigenvalue weighted by Gasteiger charge is -2.30. The van der Waals surface area contributed by atoms with Crippen molar-refractivity contribution in [1.82, 2.24) is 4.98 Å². The molecule has 1 aromatic heterocycles. The van der Waals surface area contributed by atoms with Crippen LogP contribution < -0.4 is 9.47 Å². The zero-order valence-electron chi connectivity index (χ0n) is 25.9. The van der Waals surface area contributed by atoms with Crippen molar-refractivity contribution in [2.45, 2.75) is 65.1 Å². The van der Waals surface area contributed by atoms with E-state index in [1.807, 2.05) is 12.1 Å². The summed E-state index contributed by atoms with van der Waals surface area (Å²) in [6.07, 6.45) is -1.28. The lowest BCUT2D eigenvalue weighted by Crippen LogP contribution is -2.29. The summed E-state index contributed by atoms with van der Waals surface area (Å²) in [5.74, 6) is -3.92. The number of pyridine rings is 1. The summed E-state index contributed by atoms with van der Waals surface area (Å²) in [6.45, 7) is 9.05. The maximum absolute atomic E-state index is 15.1. The van der Waals surface area contributed by atoms with Crippen molar-refractivity contribution in [1.29, 1.82) is 0 Å². The zero-order chi connectivity index (χ0) is 32.5. The van der Waals surface area contributed by atoms with E-state index in [4.69, 9.17) is 19.2 Å². The molecule has 1 aliphatic rings. The van der Waals surface area contributed by atoms with E-state index < -0.39 is 30.0 Å². The van der Waals surface area contributed by atoms with Crippen LogP contribution in [0.2, 0.25) is 0 Å². The van der Waals surface area contributed by atoms with Crippen LogP contribution in [-0.2, 0) is 21.9 Å². The first-order valence-electron chi connectivity index (χ1n) is 14.8. The van der Waals surface area contributed by atoms with Crippen LogP contribution in [0.5, 0.6) is 11.5 Å². The van der Waals surface area contributed by atoms with Gasteiger partial charge in [-0.1, -0.05) is 30.3 Å². The number of hydrogen-bond donors (Lipinski definition) is 1. The van der Waals surface area contributed by atoms with Crippen molar-refractivity contribution in [2.24, 2.45) is 0 Å². The topological polar surface area (TPSA) is 77.9 Å². The molecule has 0 saturated carbocycles. The molecule has 9 heteroatoms. The number of benzene rings is 3. The minimum Gasteiger partial charge on any atom is -0.493 e. The van der Waals surface area contributed by atoms with Crippen LogP contribution in [0.25, 0.3) is 22.3 Å². The smallest absolute Gasteiger partial charge is 0.337 e. The number of carbonyl (C=O) groups is 1. The first-order chi connectivity index (χ1) is 21.2. The number of aryl methyl sites for hydroxylation is 2. The molecule has 0 fully saturated rings. The third-order valence-electron chi connectivity index (χ3n) is 7.62. The monoisotopic (exact) mass is 619 g/mol. The Bertz CT molecular complexity index is 1700. The number of hydrogen-bond acceptors (Lipinski definition) is 5. The van der Waals surface area contributed by atoms with Crippen LogP contribution >= 0.6 is 0 Å². The van der Waals surface area contributed by atoms with Gasteiger partial charge in [0, 0.05) is 28.9 Å². The summed E-state index contributed by atoms with van der Waals surface area (Å²) in [5, 5.41) is 10.4. The Morgan fingerprint density at radius 2 is 1.64 bits per heavy atom. The Morgan fingerprint density at radius 3 is 2.29 bits per heavy atom. The molecule has 2 heterocycles. The molecular weight excluding hydrogens is 583 g/mol. The van der Waals surface area contributed by atoms with Gasteiger partial charge in [-0.2, -0.15) is 0 Å². The van der Waals surface area contributed by atoms with Gasteiger partial charge in [0.15, 0.2) is 6.10 Å². The van der Waals surface area contributed by atoms with Crippen LogP contribution in [0.4, 0.5) is 13.2 Å². The minimum atomic E-state index is -3.11. The van der Waals surface area contributed by atoms with E-state index in [0.717, 1.165) is 5.56 Å². The van der Waals surface area contributed by atoms with Gasteiger partial charge in [-0.25, -0.2) is 18.0 Å². The molecule has 1 aliphatic heterocycles. The van der Waals surface area contributed by atoms with Crippen molar-refractivity contribution in [3.8, 4) is 33.8 Å². The standard InChI is InChI=1S/C36H36F3NO5/c1-21-30(24-8-13-27(14-9-24)43-18-16-23-6-11-26(37)12-7-23)32(25-10-15-29-28(20-25)36(38,39)17-19-44-29)31(22(2)40-21)33(34(41)42)45-35(3,4)5/h6-15,20,33H,16-19H2,1-5H3,(H,41,42). The number of rotatable bonds is 9. The molecule has 0 radical (unpaired) electrons. The lowest BCUT2D eigenvalue weighted by molar-refractivity contribution is -0.160. The molecule has 0 saturated heterocycles. The number of halogens is 3. The number of ether oxygens (including phenoxy) is 3. The van der Waals surface area contributed by atoms with Gasteiger partial charge in [-0.3, -0.25) is 4.98 Å². The number of fused-ring (bicyclic) bond motifs is 1. The largest absolute Gasteiger partial charge is 0.493 e. The van der Waals surface area contributed by atoms with E-state index in [-0.39, 0.29) is 29.3 Å². The molecule has 45 heavy (non-hydrogen) atoms. The Kier molecular flexibility index (Phi) is 8.94. The number of carboxylic acids is 1. The molecule has 4 aromatic rings. The average molecular weight is 620 g/mol. The molecule has 0 aliphatic carbocycles.